The lowest BCUT2D eigenvalue weighted by Crippen LogP contribution is -2.09. The third-order valence-corrected chi connectivity index (χ3v) is 5.80. The first-order valence-electron chi connectivity index (χ1n) is 15.4. The fraction of sp³-hybridized carbons (Fsp3) is 0.207. The highest BCUT2D eigenvalue weighted by Gasteiger charge is 2.18. The molecule has 0 N–H and O–H groups in total. The third kappa shape index (κ3) is 3.74. The summed E-state index contributed by atoms with van der Waals surface area (Å²) in [6.07, 6.45) is 1.07. The molecule has 3 aromatic carbocycles. The number of benzene rings is 3. The van der Waals surface area contributed by atoms with Crippen LogP contribution in [0.2, 0.25) is 0 Å². The Morgan fingerprint density at radius 1 is 0.742 bits per heavy atom. The van der Waals surface area contributed by atoms with Gasteiger partial charge in [0.05, 0.1) is 19.4 Å². The summed E-state index contributed by atoms with van der Waals surface area (Å²) >= 11 is 0. The molecule has 0 fully saturated rings. The summed E-state index contributed by atoms with van der Waals surface area (Å²) in [5.74, 6) is 0. The van der Waals surface area contributed by atoms with E-state index < -0.39 is 12.1 Å². The Labute approximate surface area is 198 Å². The molecule has 2 heteroatoms. The van der Waals surface area contributed by atoms with Crippen molar-refractivity contribution in [3.8, 4) is 0 Å². The van der Waals surface area contributed by atoms with Gasteiger partial charge in [0.25, 0.3) is 0 Å². The zero-order valence-electron chi connectivity index (χ0n) is 27.5. The number of hydrogen-bond donors (Lipinski definition) is 0. The Bertz CT molecular complexity index is 1820. The van der Waals surface area contributed by atoms with E-state index in [9.17, 15) is 0 Å². The molecular formula is C29H28N2. The molecule has 0 saturated carbocycles. The second-order valence-electron chi connectivity index (χ2n) is 7.62. The van der Waals surface area contributed by atoms with Crippen molar-refractivity contribution in [1.82, 2.24) is 9.38 Å². The van der Waals surface area contributed by atoms with E-state index >= 15 is 0 Å². The number of fused-ring (bicyclic) bond motifs is 3. The van der Waals surface area contributed by atoms with Crippen molar-refractivity contribution in [2.75, 3.05) is 0 Å². The largest absolute Gasteiger partial charge is 0.300 e. The highest BCUT2D eigenvalue weighted by Crippen LogP contribution is 2.31. The summed E-state index contributed by atoms with van der Waals surface area (Å²) in [6.45, 7) is 3.88. The van der Waals surface area contributed by atoms with Crippen LogP contribution in [0.4, 0.5) is 0 Å². The highest BCUT2D eigenvalue weighted by atomic mass is 15.0. The van der Waals surface area contributed by atoms with Crippen LogP contribution in [0.15, 0.2) is 84.7 Å². The predicted molar refractivity (Wildman–Crippen MR) is 130 cm³/mol. The van der Waals surface area contributed by atoms with Gasteiger partial charge in [0.1, 0.15) is 5.65 Å². The number of hydrogen-bond acceptors (Lipinski definition) is 1. The van der Waals surface area contributed by atoms with Crippen molar-refractivity contribution in [1.29, 1.82) is 0 Å². The number of aromatic nitrogens is 2. The summed E-state index contributed by atoms with van der Waals surface area (Å²) < 4.78 is 83.9. The summed E-state index contributed by atoms with van der Waals surface area (Å²) in [5, 5.41) is 1.82. The minimum atomic E-state index is -0.433. The maximum atomic E-state index is 8.41. The Hall–Kier alpha value is -3.39. The van der Waals surface area contributed by atoms with Gasteiger partial charge in [-0.2, -0.15) is 0 Å². The molecule has 2 nitrogen and oxygen atoms in total. The van der Waals surface area contributed by atoms with E-state index in [4.69, 9.17) is 18.7 Å². The first kappa shape index (κ1) is 11.3. The average molecular weight is 415 g/mol. The predicted octanol–water partition coefficient (Wildman–Crippen LogP) is 6.67. The fourth-order valence-electron chi connectivity index (χ4n) is 4.19. The molecule has 0 aliphatic carbocycles. The molecule has 0 radical (unpaired) electrons. The molecule has 2 heterocycles. The van der Waals surface area contributed by atoms with Crippen molar-refractivity contribution in [3.63, 3.8) is 0 Å². The summed E-state index contributed by atoms with van der Waals surface area (Å²) in [7, 11) is 0. The molecule has 2 aromatic heterocycles. The smallest absolute Gasteiger partial charge is 0.145 e. The molecule has 0 saturated heterocycles. The molecule has 31 heavy (non-hydrogen) atoms. The first-order valence-corrected chi connectivity index (χ1v) is 10.4. The van der Waals surface area contributed by atoms with Crippen LogP contribution < -0.4 is 0 Å². The van der Waals surface area contributed by atoms with Gasteiger partial charge in [-0.3, -0.25) is 0 Å². The molecule has 0 atom stereocenters. The van der Waals surface area contributed by atoms with Crippen LogP contribution in [0, 0.1) is 13.8 Å². The third-order valence-electron chi connectivity index (χ3n) is 5.80. The van der Waals surface area contributed by atoms with E-state index in [2.05, 4.69) is 0 Å². The van der Waals surface area contributed by atoms with Crippen LogP contribution in [0.5, 0.6) is 0 Å². The minimum Gasteiger partial charge on any atom is -0.300 e. The molecule has 0 bridgehead atoms. The van der Waals surface area contributed by atoms with E-state index in [1.165, 1.54) is 0 Å². The first-order chi connectivity index (χ1) is 19.4. The van der Waals surface area contributed by atoms with Gasteiger partial charge >= 0.3 is 0 Å². The van der Waals surface area contributed by atoms with Crippen LogP contribution in [-0.4, -0.2) is 9.38 Å². The van der Waals surface area contributed by atoms with E-state index in [1.54, 1.807) is 0 Å². The molecule has 0 amide bonds. The number of imidazole rings is 1. The van der Waals surface area contributed by atoms with Gasteiger partial charge in [0.15, 0.2) is 0 Å². The van der Waals surface area contributed by atoms with Crippen molar-refractivity contribution in [2.24, 2.45) is 0 Å². The maximum absolute atomic E-state index is 8.41. The van der Waals surface area contributed by atoms with Crippen molar-refractivity contribution < 1.29 is 13.7 Å². The normalized spacial score (nSPS) is 15.9. The monoisotopic (exact) mass is 414 g/mol. The number of nitrogens with zero attached hydrogens (tertiary/aromatic N) is 2. The number of pyridine rings is 1. The quantitative estimate of drug-likeness (QED) is 0.303. The standard InChI is InChI=1S/C29H28N2/c1-21-22(2)31-28(20-18-24-13-7-4-8-14-24)26(19-17-23-11-5-3-6-12-23)25-15-9-10-16-27(25)29(31)30-21/h3-16H,17-20H2,1-2H3/i3D,4D,5D,6D,7D,8D,11D,12D,13D,14D. The Morgan fingerprint density at radius 2 is 1.32 bits per heavy atom. The van der Waals surface area contributed by atoms with Gasteiger partial charge in [-0.15, -0.1) is 0 Å². The van der Waals surface area contributed by atoms with Crippen LogP contribution in [0.3, 0.4) is 0 Å². The van der Waals surface area contributed by atoms with Gasteiger partial charge in [-0.05, 0) is 61.6 Å². The van der Waals surface area contributed by atoms with Crippen molar-refractivity contribution in [3.05, 3.63) is 118 Å². The lowest BCUT2D eigenvalue weighted by atomic mass is 9.94. The Morgan fingerprint density at radius 3 is 1.97 bits per heavy atom. The number of rotatable bonds is 6. The molecule has 0 unspecified atom stereocenters. The van der Waals surface area contributed by atoms with Crippen LogP contribution in [0.25, 0.3) is 16.4 Å². The summed E-state index contributed by atoms with van der Waals surface area (Å²) in [6, 6.07) is 4.52. The lowest BCUT2D eigenvalue weighted by molar-refractivity contribution is 0.834. The maximum Gasteiger partial charge on any atom is 0.145 e. The zero-order valence-corrected chi connectivity index (χ0v) is 17.5. The second kappa shape index (κ2) is 8.39. The SMILES string of the molecule is [2H]c1c([2H])c([2H])c(CCc2c(CCc3c([2H])c([2H])c([2H])c([2H])c3[2H])n3c(C)c(C)nc3c3ccccc23)c([2H])c1[2H]. The topological polar surface area (TPSA) is 17.3 Å². The zero-order chi connectivity index (χ0) is 29.9. The average Bonchev–Trinajstić information content (AvgIpc) is 3.27. The van der Waals surface area contributed by atoms with E-state index in [-0.39, 0.29) is 72.3 Å². The van der Waals surface area contributed by atoms with E-state index in [0.717, 1.165) is 39.1 Å². The molecule has 0 spiro atoms. The lowest BCUT2D eigenvalue weighted by Gasteiger charge is -2.18. The summed E-state index contributed by atoms with van der Waals surface area (Å²) in [5.41, 5.74) is 4.69. The molecular weight excluding hydrogens is 376 g/mol. The van der Waals surface area contributed by atoms with Gasteiger partial charge in [0, 0.05) is 16.8 Å². The van der Waals surface area contributed by atoms with Crippen molar-refractivity contribution in [2.45, 2.75) is 39.5 Å². The van der Waals surface area contributed by atoms with Crippen molar-refractivity contribution >= 4 is 16.4 Å². The Balaban J connectivity index is 1.71. The summed E-state index contributed by atoms with van der Waals surface area (Å²) in [4.78, 5) is 4.83. The molecule has 0 aliphatic rings. The molecule has 154 valence electrons. The van der Waals surface area contributed by atoms with E-state index in [0.29, 0.717) is 12.8 Å². The molecule has 0 aliphatic heterocycles. The highest BCUT2D eigenvalue weighted by molar-refractivity contribution is 5.97. The van der Waals surface area contributed by atoms with Gasteiger partial charge < -0.3 is 4.40 Å². The van der Waals surface area contributed by atoms with Gasteiger partial charge in [0.2, 0.25) is 0 Å². The van der Waals surface area contributed by atoms with Gasteiger partial charge in [-0.1, -0.05) is 84.7 Å². The van der Waals surface area contributed by atoms with Crippen LogP contribution in [0.1, 0.15) is 47.5 Å². The second-order valence-corrected chi connectivity index (χ2v) is 7.62. The number of aryl methyl sites for hydroxylation is 4. The minimum absolute atomic E-state index is 0.182. The van der Waals surface area contributed by atoms with Gasteiger partial charge in [-0.25, -0.2) is 4.98 Å². The van der Waals surface area contributed by atoms with E-state index in [1.807, 2.05) is 42.5 Å². The van der Waals surface area contributed by atoms with Crippen LogP contribution >= 0.6 is 0 Å². The van der Waals surface area contributed by atoms with Crippen LogP contribution in [-0.2, 0) is 25.7 Å². The molecule has 5 rings (SSSR count). The Kier molecular flexibility index (Phi) is 3.06. The fourth-order valence-corrected chi connectivity index (χ4v) is 4.19. The molecule has 5 aromatic rings.